The predicted octanol–water partition coefficient (Wildman–Crippen LogP) is 2.65. The van der Waals surface area contributed by atoms with Crippen LogP contribution in [0.1, 0.15) is 24.5 Å². The molecular weight excluding hydrogens is 210 g/mol. The molecule has 1 heterocycles. The standard InChI is InChI=1S/C14H21N3/c1-4-5-15-6-7-17-10-16-13-8-11(2)12(3)9-14(13)17/h8-10,15H,4-7H2,1-3H3. The van der Waals surface area contributed by atoms with E-state index in [9.17, 15) is 0 Å². The molecule has 0 aliphatic carbocycles. The van der Waals surface area contributed by atoms with Crippen molar-refractivity contribution < 1.29 is 0 Å². The number of nitrogens with zero attached hydrogens (tertiary/aromatic N) is 2. The molecule has 0 amide bonds. The van der Waals surface area contributed by atoms with E-state index in [-0.39, 0.29) is 0 Å². The number of nitrogens with one attached hydrogen (secondary N) is 1. The summed E-state index contributed by atoms with van der Waals surface area (Å²) in [5.74, 6) is 0. The summed E-state index contributed by atoms with van der Waals surface area (Å²) in [5.41, 5.74) is 4.99. The van der Waals surface area contributed by atoms with Gasteiger partial charge in [-0.1, -0.05) is 6.92 Å². The summed E-state index contributed by atoms with van der Waals surface area (Å²) in [4.78, 5) is 4.45. The first-order chi connectivity index (χ1) is 8.22. The normalized spacial score (nSPS) is 11.2. The van der Waals surface area contributed by atoms with Crippen LogP contribution in [-0.2, 0) is 6.54 Å². The molecule has 0 bridgehead atoms. The topological polar surface area (TPSA) is 29.9 Å². The van der Waals surface area contributed by atoms with E-state index in [0.717, 1.165) is 25.2 Å². The number of hydrogen-bond acceptors (Lipinski definition) is 2. The van der Waals surface area contributed by atoms with Crippen LogP contribution in [0.5, 0.6) is 0 Å². The summed E-state index contributed by atoms with van der Waals surface area (Å²) in [7, 11) is 0. The van der Waals surface area contributed by atoms with E-state index < -0.39 is 0 Å². The molecule has 0 spiro atoms. The van der Waals surface area contributed by atoms with Gasteiger partial charge in [-0.2, -0.15) is 0 Å². The van der Waals surface area contributed by atoms with Crippen LogP contribution >= 0.6 is 0 Å². The van der Waals surface area contributed by atoms with Crippen molar-refractivity contribution in [2.75, 3.05) is 13.1 Å². The second-order valence-corrected chi connectivity index (χ2v) is 4.61. The molecule has 3 heteroatoms. The van der Waals surface area contributed by atoms with Crippen molar-refractivity contribution in [1.82, 2.24) is 14.9 Å². The van der Waals surface area contributed by atoms with E-state index in [1.165, 1.54) is 23.1 Å². The fourth-order valence-corrected chi connectivity index (χ4v) is 1.99. The molecule has 0 aliphatic rings. The Bertz CT molecular complexity index is 499. The van der Waals surface area contributed by atoms with E-state index in [1.807, 2.05) is 6.33 Å². The zero-order valence-electron chi connectivity index (χ0n) is 11.0. The summed E-state index contributed by atoms with van der Waals surface area (Å²) < 4.78 is 2.23. The maximum absolute atomic E-state index is 4.45. The van der Waals surface area contributed by atoms with Gasteiger partial charge in [-0.3, -0.25) is 0 Å². The molecule has 2 aromatic rings. The van der Waals surface area contributed by atoms with Crippen molar-refractivity contribution in [3.05, 3.63) is 29.6 Å². The Morgan fingerprint density at radius 1 is 1.18 bits per heavy atom. The minimum Gasteiger partial charge on any atom is -0.329 e. The molecule has 0 unspecified atom stereocenters. The van der Waals surface area contributed by atoms with Gasteiger partial charge >= 0.3 is 0 Å². The molecular formula is C14H21N3. The first kappa shape index (κ1) is 12.1. The smallest absolute Gasteiger partial charge is 0.0958 e. The minimum absolute atomic E-state index is 0.985. The van der Waals surface area contributed by atoms with Crippen LogP contribution in [-0.4, -0.2) is 22.6 Å². The number of hydrogen-bond donors (Lipinski definition) is 1. The third-order valence-electron chi connectivity index (χ3n) is 3.19. The van der Waals surface area contributed by atoms with Crippen molar-refractivity contribution in [2.45, 2.75) is 33.7 Å². The molecule has 17 heavy (non-hydrogen) atoms. The van der Waals surface area contributed by atoms with E-state index >= 15 is 0 Å². The van der Waals surface area contributed by atoms with Crippen LogP contribution in [0.25, 0.3) is 11.0 Å². The molecule has 0 fully saturated rings. The van der Waals surface area contributed by atoms with Gasteiger partial charge in [-0.15, -0.1) is 0 Å². The zero-order chi connectivity index (χ0) is 12.3. The molecule has 0 atom stereocenters. The number of imidazole rings is 1. The Hall–Kier alpha value is -1.35. The highest BCUT2D eigenvalue weighted by atomic mass is 15.1. The molecule has 0 radical (unpaired) electrons. The second kappa shape index (κ2) is 5.32. The summed E-state index contributed by atoms with van der Waals surface area (Å²) in [5, 5.41) is 3.42. The quantitative estimate of drug-likeness (QED) is 0.802. The highest BCUT2D eigenvalue weighted by Crippen LogP contribution is 2.17. The second-order valence-electron chi connectivity index (χ2n) is 4.61. The fraction of sp³-hybridized carbons (Fsp3) is 0.500. The van der Waals surface area contributed by atoms with Gasteiger partial charge in [0, 0.05) is 13.1 Å². The third kappa shape index (κ3) is 2.67. The van der Waals surface area contributed by atoms with Crippen molar-refractivity contribution in [3.63, 3.8) is 0 Å². The van der Waals surface area contributed by atoms with Crippen LogP contribution in [0.3, 0.4) is 0 Å². The molecule has 3 nitrogen and oxygen atoms in total. The number of benzene rings is 1. The lowest BCUT2D eigenvalue weighted by Crippen LogP contribution is -2.20. The predicted molar refractivity (Wildman–Crippen MR) is 72.4 cm³/mol. The lowest BCUT2D eigenvalue weighted by atomic mass is 10.1. The molecule has 1 N–H and O–H groups in total. The lowest BCUT2D eigenvalue weighted by molar-refractivity contribution is 0.602. The molecule has 1 aromatic heterocycles. The summed E-state index contributed by atoms with van der Waals surface area (Å²) in [6.45, 7) is 9.56. The van der Waals surface area contributed by atoms with Crippen LogP contribution in [0.15, 0.2) is 18.5 Å². The number of fused-ring (bicyclic) bond motifs is 1. The third-order valence-corrected chi connectivity index (χ3v) is 3.19. The molecule has 0 saturated carbocycles. The number of aromatic nitrogens is 2. The molecule has 0 saturated heterocycles. The average molecular weight is 231 g/mol. The first-order valence-corrected chi connectivity index (χ1v) is 6.35. The zero-order valence-corrected chi connectivity index (χ0v) is 11.0. The maximum atomic E-state index is 4.45. The van der Waals surface area contributed by atoms with E-state index in [4.69, 9.17) is 0 Å². The summed E-state index contributed by atoms with van der Waals surface area (Å²) in [6, 6.07) is 4.40. The first-order valence-electron chi connectivity index (χ1n) is 6.35. The van der Waals surface area contributed by atoms with Gasteiger partial charge in [0.25, 0.3) is 0 Å². The van der Waals surface area contributed by atoms with Crippen molar-refractivity contribution in [2.24, 2.45) is 0 Å². The van der Waals surface area contributed by atoms with Crippen LogP contribution in [0.2, 0.25) is 0 Å². The minimum atomic E-state index is 0.985. The van der Waals surface area contributed by atoms with Gasteiger partial charge in [-0.05, 0) is 50.1 Å². The van der Waals surface area contributed by atoms with Gasteiger partial charge in [0.05, 0.1) is 17.4 Å². The van der Waals surface area contributed by atoms with Gasteiger partial charge < -0.3 is 9.88 Å². The van der Waals surface area contributed by atoms with Crippen LogP contribution < -0.4 is 5.32 Å². The Kier molecular flexibility index (Phi) is 3.79. The number of rotatable bonds is 5. The highest BCUT2D eigenvalue weighted by molar-refractivity contribution is 5.77. The molecule has 1 aromatic carbocycles. The Labute approximate surface area is 103 Å². The van der Waals surface area contributed by atoms with E-state index in [0.29, 0.717) is 0 Å². The summed E-state index contributed by atoms with van der Waals surface area (Å²) >= 11 is 0. The molecule has 92 valence electrons. The fourth-order valence-electron chi connectivity index (χ4n) is 1.99. The molecule has 0 aliphatic heterocycles. The van der Waals surface area contributed by atoms with Crippen LogP contribution in [0.4, 0.5) is 0 Å². The van der Waals surface area contributed by atoms with E-state index in [1.54, 1.807) is 0 Å². The van der Waals surface area contributed by atoms with Crippen molar-refractivity contribution in [3.8, 4) is 0 Å². The highest BCUT2D eigenvalue weighted by Gasteiger charge is 2.04. The Morgan fingerprint density at radius 2 is 1.94 bits per heavy atom. The van der Waals surface area contributed by atoms with Crippen molar-refractivity contribution >= 4 is 11.0 Å². The summed E-state index contributed by atoms with van der Waals surface area (Å²) in [6.07, 6.45) is 3.13. The lowest BCUT2D eigenvalue weighted by Gasteiger charge is -2.06. The number of aryl methyl sites for hydroxylation is 2. The maximum Gasteiger partial charge on any atom is 0.0958 e. The van der Waals surface area contributed by atoms with E-state index in [2.05, 4.69) is 47.8 Å². The Morgan fingerprint density at radius 3 is 2.71 bits per heavy atom. The van der Waals surface area contributed by atoms with Gasteiger partial charge in [0.1, 0.15) is 0 Å². The molecule has 2 rings (SSSR count). The SMILES string of the molecule is CCCNCCn1cnc2cc(C)c(C)cc21. The van der Waals surface area contributed by atoms with Gasteiger partial charge in [0.15, 0.2) is 0 Å². The van der Waals surface area contributed by atoms with Gasteiger partial charge in [0.2, 0.25) is 0 Å². The van der Waals surface area contributed by atoms with Crippen molar-refractivity contribution in [1.29, 1.82) is 0 Å². The average Bonchev–Trinajstić information content (AvgIpc) is 2.68. The monoisotopic (exact) mass is 231 g/mol. The largest absolute Gasteiger partial charge is 0.329 e. The Balaban J connectivity index is 2.15. The van der Waals surface area contributed by atoms with Crippen LogP contribution in [0, 0.1) is 13.8 Å². The van der Waals surface area contributed by atoms with Gasteiger partial charge in [-0.25, -0.2) is 4.98 Å².